The number of anilines is 1. The van der Waals surface area contributed by atoms with Crippen LogP contribution < -0.4 is 20.9 Å². The summed E-state index contributed by atoms with van der Waals surface area (Å²) in [5.41, 5.74) is 8.24. The van der Waals surface area contributed by atoms with Gasteiger partial charge in [0.05, 0.1) is 18.8 Å². The molecule has 0 radical (unpaired) electrons. The van der Waals surface area contributed by atoms with Gasteiger partial charge in [0.15, 0.2) is 0 Å². The molecule has 1 heterocycles. The van der Waals surface area contributed by atoms with Crippen LogP contribution >= 0.6 is 0 Å². The lowest BCUT2D eigenvalue weighted by Gasteiger charge is -2.12. The Labute approximate surface area is 164 Å². The van der Waals surface area contributed by atoms with E-state index in [0.29, 0.717) is 30.9 Å². The second kappa shape index (κ2) is 9.34. The fourth-order valence-corrected chi connectivity index (χ4v) is 3.08. The quantitative estimate of drug-likeness (QED) is 0.637. The molecule has 1 amide bonds. The van der Waals surface area contributed by atoms with Crippen molar-refractivity contribution in [1.82, 2.24) is 10.9 Å². The second-order valence-electron chi connectivity index (χ2n) is 6.42. The van der Waals surface area contributed by atoms with Crippen LogP contribution in [-0.2, 0) is 9.53 Å². The number of hydrazine groups is 1. The van der Waals surface area contributed by atoms with Crippen molar-refractivity contribution in [3.05, 3.63) is 59.7 Å². The molecule has 0 bridgehead atoms. The lowest BCUT2D eigenvalue weighted by Crippen LogP contribution is -2.39. The fourth-order valence-electron chi connectivity index (χ4n) is 3.08. The van der Waals surface area contributed by atoms with E-state index in [1.165, 1.54) is 0 Å². The van der Waals surface area contributed by atoms with Crippen molar-refractivity contribution < 1.29 is 19.1 Å². The molecular weight excluding hydrogens is 358 g/mol. The Morgan fingerprint density at radius 1 is 1.07 bits per heavy atom. The van der Waals surface area contributed by atoms with Crippen molar-refractivity contribution in [1.29, 1.82) is 0 Å². The molecule has 1 aliphatic rings. The van der Waals surface area contributed by atoms with E-state index in [2.05, 4.69) is 16.2 Å². The molecule has 7 nitrogen and oxygen atoms in total. The molecule has 28 heavy (non-hydrogen) atoms. The largest absolute Gasteiger partial charge is 0.494 e. The van der Waals surface area contributed by atoms with E-state index in [1.807, 2.05) is 31.2 Å². The lowest BCUT2D eigenvalue weighted by molar-refractivity contribution is -0.117. The minimum absolute atomic E-state index is 0.0253. The molecular formula is C21H25N3O4. The predicted octanol–water partition coefficient (Wildman–Crippen LogP) is 2.81. The predicted molar refractivity (Wildman–Crippen MR) is 106 cm³/mol. The van der Waals surface area contributed by atoms with Crippen LogP contribution in [0.2, 0.25) is 0 Å². The van der Waals surface area contributed by atoms with Crippen LogP contribution in [-0.4, -0.2) is 31.1 Å². The van der Waals surface area contributed by atoms with E-state index in [-0.39, 0.29) is 18.0 Å². The van der Waals surface area contributed by atoms with Gasteiger partial charge in [0.2, 0.25) is 5.91 Å². The van der Waals surface area contributed by atoms with E-state index >= 15 is 0 Å². The molecule has 148 valence electrons. The summed E-state index contributed by atoms with van der Waals surface area (Å²) in [4.78, 5) is 24.4. The van der Waals surface area contributed by atoms with Crippen molar-refractivity contribution >= 4 is 17.6 Å². The van der Waals surface area contributed by atoms with Crippen LogP contribution in [0.1, 0.15) is 42.2 Å². The van der Waals surface area contributed by atoms with Gasteiger partial charge in [-0.3, -0.25) is 4.79 Å². The Kier molecular flexibility index (Phi) is 6.62. The Morgan fingerprint density at radius 2 is 1.86 bits per heavy atom. The van der Waals surface area contributed by atoms with Crippen LogP contribution in [0.25, 0.3) is 0 Å². The first kappa shape index (κ1) is 19.9. The summed E-state index contributed by atoms with van der Waals surface area (Å²) in [6, 6.07) is 14.2. The summed E-state index contributed by atoms with van der Waals surface area (Å²) >= 11 is 0. The van der Waals surface area contributed by atoms with Gasteiger partial charge in [0.1, 0.15) is 11.8 Å². The van der Waals surface area contributed by atoms with E-state index in [4.69, 9.17) is 9.47 Å². The van der Waals surface area contributed by atoms with Crippen LogP contribution in [0.4, 0.5) is 5.69 Å². The van der Waals surface area contributed by atoms with Gasteiger partial charge in [0, 0.05) is 11.7 Å². The number of hydrogen-bond acceptors (Lipinski definition) is 6. The highest BCUT2D eigenvalue weighted by Crippen LogP contribution is 2.25. The molecule has 2 aromatic rings. The van der Waals surface area contributed by atoms with Gasteiger partial charge >= 0.3 is 5.97 Å². The molecule has 2 unspecified atom stereocenters. The Bertz CT molecular complexity index is 823. The van der Waals surface area contributed by atoms with Crippen molar-refractivity contribution in [2.24, 2.45) is 0 Å². The minimum Gasteiger partial charge on any atom is -0.494 e. The van der Waals surface area contributed by atoms with Crippen LogP contribution in [0, 0.1) is 0 Å². The van der Waals surface area contributed by atoms with Crippen molar-refractivity contribution in [2.45, 2.75) is 32.4 Å². The number of carbonyl (C=O) groups excluding carboxylic acids is 2. The van der Waals surface area contributed by atoms with Gasteiger partial charge in [-0.25, -0.2) is 15.6 Å². The Hall–Kier alpha value is -2.90. The molecule has 2 atom stereocenters. The number of rotatable bonds is 7. The van der Waals surface area contributed by atoms with Gasteiger partial charge in [-0.05, 0) is 56.2 Å². The van der Waals surface area contributed by atoms with Crippen LogP contribution in [0.15, 0.2) is 48.5 Å². The molecule has 0 spiro atoms. The summed E-state index contributed by atoms with van der Waals surface area (Å²) in [5.74, 6) is 0.254. The van der Waals surface area contributed by atoms with Crippen LogP contribution in [0.5, 0.6) is 5.75 Å². The molecule has 0 aliphatic carbocycles. The number of hydrogen-bond donors (Lipinski definition) is 3. The first-order valence-corrected chi connectivity index (χ1v) is 9.42. The first-order valence-electron chi connectivity index (χ1n) is 9.42. The summed E-state index contributed by atoms with van der Waals surface area (Å²) in [5, 5.41) is 2.85. The highest BCUT2D eigenvalue weighted by Gasteiger charge is 2.30. The number of amides is 1. The highest BCUT2D eigenvalue weighted by molar-refractivity contribution is 5.97. The summed E-state index contributed by atoms with van der Waals surface area (Å²) in [6.45, 7) is 4.63. The van der Waals surface area contributed by atoms with E-state index in [1.54, 1.807) is 31.2 Å². The number of esters is 1. The third-order valence-electron chi connectivity index (χ3n) is 4.45. The zero-order chi connectivity index (χ0) is 19.9. The molecule has 1 saturated heterocycles. The standard InChI is InChI=1S/C21H25N3O4/c1-3-27-17-10-8-14(9-11-17)18-13-19(24-23-18)20(25)22-16-7-5-6-15(12-16)21(26)28-4-2/h5-12,18-19,23-24H,3-4,13H2,1-2H3,(H,22,25). The van der Waals surface area contributed by atoms with Gasteiger partial charge in [-0.1, -0.05) is 18.2 Å². The maximum absolute atomic E-state index is 12.6. The topological polar surface area (TPSA) is 88.7 Å². The van der Waals surface area contributed by atoms with Crippen LogP contribution in [0.3, 0.4) is 0 Å². The third-order valence-corrected chi connectivity index (χ3v) is 4.45. The summed E-state index contributed by atoms with van der Waals surface area (Å²) < 4.78 is 10.4. The Balaban J connectivity index is 1.59. The molecule has 1 fully saturated rings. The lowest BCUT2D eigenvalue weighted by atomic mass is 10.0. The smallest absolute Gasteiger partial charge is 0.338 e. The third kappa shape index (κ3) is 4.88. The maximum atomic E-state index is 12.6. The molecule has 3 rings (SSSR count). The normalized spacial score (nSPS) is 18.5. The fraction of sp³-hybridized carbons (Fsp3) is 0.333. The zero-order valence-corrected chi connectivity index (χ0v) is 16.0. The molecule has 2 aromatic carbocycles. The molecule has 0 saturated carbocycles. The number of benzene rings is 2. The molecule has 7 heteroatoms. The number of ether oxygens (including phenoxy) is 2. The van der Waals surface area contributed by atoms with Gasteiger partial charge < -0.3 is 14.8 Å². The van der Waals surface area contributed by atoms with Crippen molar-refractivity contribution in [3.63, 3.8) is 0 Å². The van der Waals surface area contributed by atoms with Gasteiger partial charge in [0.25, 0.3) is 0 Å². The van der Waals surface area contributed by atoms with Gasteiger partial charge in [-0.15, -0.1) is 0 Å². The minimum atomic E-state index is -0.408. The first-order chi connectivity index (χ1) is 13.6. The number of carbonyl (C=O) groups is 2. The van der Waals surface area contributed by atoms with Gasteiger partial charge in [-0.2, -0.15) is 0 Å². The van der Waals surface area contributed by atoms with E-state index in [9.17, 15) is 9.59 Å². The monoisotopic (exact) mass is 383 g/mol. The SMILES string of the molecule is CCOC(=O)c1cccc(NC(=O)C2CC(c3ccc(OCC)cc3)NN2)c1. The average Bonchev–Trinajstić information content (AvgIpc) is 3.20. The van der Waals surface area contributed by atoms with Crippen molar-refractivity contribution in [2.75, 3.05) is 18.5 Å². The molecule has 3 N–H and O–H groups in total. The summed E-state index contributed by atoms with van der Waals surface area (Å²) in [6.07, 6.45) is 0.609. The second-order valence-corrected chi connectivity index (χ2v) is 6.42. The number of nitrogens with one attached hydrogen (secondary N) is 3. The molecule has 1 aliphatic heterocycles. The maximum Gasteiger partial charge on any atom is 0.338 e. The van der Waals surface area contributed by atoms with E-state index in [0.717, 1.165) is 11.3 Å². The Morgan fingerprint density at radius 3 is 2.57 bits per heavy atom. The van der Waals surface area contributed by atoms with Crippen molar-refractivity contribution in [3.8, 4) is 5.75 Å². The summed E-state index contributed by atoms with van der Waals surface area (Å²) in [7, 11) is 0. The zero-order valence-electron chi connectivity index (χ0n) is 16.0. The molecule has 0 aromatic heterocycles. The van der Waals surface area contributed by atoms with E-state index < -0.39 is 5.97 Å². The average molecular weight is 383 g/mol. The highest BCUT2D eigenvalue weighted by atomic mass is 16.5.